The lowest BCUT2D eigenvalue weighted by Crippen LogP contribution is -2.48. The molecule has 7 nitrogen and oxygen atoms in total. The lowest BCUT2D eigenvalue weighted by Gasteiger charge is -2.33. The Labute approximate surface area is 199 Å². The molecule has 0 radical (unpaired) electrons. The van der Waals surface area contributed by atoms with Gasteiger partial charge in [-0.15, -0.1) is 0 Å². The summed E-state index contributed by atoms with van der Waals surface area (Å²) in [6.45, 7) is 8.25. The first kappa shape index (κ1) is 22.3. The van der Waals surface area contributed by atoms with Gasteiger partial charge >= 0.3 is 0 Å². The van der Waals surface area contributed by atoms with Crippen LogP contribution in [0.1, 0.15) is 57.6 Å². The van der Waals surface area contributed by atoms with Crippen molar-refractivity contribution < 1.29 is 14.0 Å². The summed E-state index contributed by atoms with van der Waals surface area (Å²) in [5.74, 6) is 0.895. The highest BCUT2D eigenvalue weighted by Gasteiger charge is 2.31. The lowest BCUT2D eigenvalue weighted by molar-refractivity contribution is 0.0609. The van der Waals surface area contributed by atoms with Crippen molar-refractivity contribution in [1.29, 1.82) is 0 Å². The van der Waals surface area contributed by atoms with Gasteiger partial charge in [0, 0.05) is 49.3 Å². The maximum atomic E-state index is 13.2. The quantitative estimate of drug-likeness (QED) is 0.600. The van der Waals surface area contributed by atoms with Gasteiger partial charge in [-0.05, 0) is 43.1 Å². The number of carbonyl (C=O) groups excluding carboxylic acids is 2. The SMILES string of the molecule is CCN1CCN(C(=O)c2oc3c(c2C)/C(=N/NC(=O)c2cccc4ccccc24)CCC3)CC1. The summed E-state index contributed by atoms with van der Waals surface area (Å²) < 4.78 is 6.09. The summed E-state index contributed by atoms with van der Waals surface area (Å²) in [5, 5.41) is 6.40. The van der Waals surface area contributed by atoms with Crippen LogP contribution in [0.25, 0.3) is 10.8 Å². The molecule has 2 aromatic carbocycles. The van der Waals surface area contributed by atoms with Gasteiger partial charge in [-0.3, -0.25) is 9.59 Å². The van der Waals surface area contributed by atoms with E-state index in [2.05, 4.69) is 22.4 Å². The van der Waals surface area contributed by atoms with Crippen molar-refractivity contribution in [3.8, 4) is 0 Å². The van der Waals surface area contributed by atoms with Crippen LogP contribution in [0, 0.1) is 6.92 Å². The van der Waals surface area contributed by atoms with E-state index in [9.17, 15) is 9.59 Å². The summed E-state index contributed by atoms with van der Waals surface area (Å²) in [6.07, 6.45) is 2.36. The largest absolute Gasteiger partial charge is 0.455 e. The van der Waals surface area contributed by atoms with Crippen LogP contribution in [0.2, 0.25) is 0 Å². The molecule has 2 aliphatic rings. The third-order valence-corrected chi connectivity index (χ3v) is 6.95. The average molecular weight is 459 g/mol. The fourth-order valence-corrected chi connectivity index (χ4v) is 5.00. The van der Waals surface area contributed by atoms with Crippen LogP contribution in [-0.2, 0) is 6.42 Å². The van der Waals surface area contributed by atoms with Gasteiger partial charge in [-0.2, -0.15) is 5.10 Å². The minimum Gasteiger partial charge on any atom is -0.455 e. The number of benzene rings is 2. The number of nitrogens with one attached hydrogen (secondary N) is 1. The number of carbonyl (C=O) groups is 2. The van der Waals surface area contributed by atoms with Crippen LogP contribution in [0.3, 0.4) is 0 Å². The number of piperazine rings is 1. The van der Waals surface area contributed by atoms with Crippen LogP contribution >= 0.6 is 0 Å². The van der Waals surface area contributed by atoms with Crippen molar-refractivity contribution in [3.05, 3.63) is 70.7 Å². The summed E-state index contributed by atoms with van der Waals surface area (Å²) >= 11 is 0. The highest BCUT2D eigenvalue weighted by Crippen LogP contribution is 2.31. The lowest BCUT2D eigenvalue weighted by atomic mass is 9.93. The van der Waals surface area contributed by atoms with Crippen LogP contribution in [0.15, 0.2) is 52.0 Å². The standard InChI is InChI=1S/C27H30N4O3/c1-3-30-14-16-31(17-15-30)27(33)25-18(2)24-22(12-7-13-23(24)34-25)28-29-26(32)21-11-6-9-19-8-4-5-10-20(19)21/h4-6,8-11H,3,7,12-17H2,1-2H3,(H,29,32)/b28-22+. The molecule has 0 atom stereocenters. The van der Waals surface area contributed by atoms with Crippen LogP contribution in [0.5, 0.6) is 0 Å². The number of furan rings is 1. The van der Waals surface area contributed by atoms with Gasteiger partial charge in [0.25, 0.3) is 11.8 Å². The molecule has 7 heteroatoms. The minimum absolute atomic E-state index is 0.0539. The Hall–Kier alpha value is -3.45. The molecular formula is C27H30N4O3. The zero-order chi connectivity index (χ0) is 23.7. The predicted octanol–water partition coefficient (Wildman–Crippen LogP) is 3.99. The predicted molar refractivity (Wildman–Crippen MR) is 132 cm³/mol. The van der Waals surface area contributed by atoms with E-state index in [4.69, 9.17) is 4.42 Å². The Kier molecular flexibility index (Phi) is 6.20. The first-order valence-corrected chi connectivity index (χ1v) is 12.1. The van der Waals surface area contributed by atoms with Crippen molar-refractivity contribution in [1.82, 2.24) is 15.2 Å². The molecular weight excluding hydrogens is 428 g/mol. The van der Waals surface area contributed by atoms with E-state index < -0.39 is 0 Å². The zero-order valence-electron chi connectivity index (χ0n) is 19.8. The Morgan fingerprint density at radius 3 is 2.59 bits per heavy atom. The Morgan fingerprint density at radius 1 is 1.03 bits per heavy atom. The number of hydrazone groups is 1. The van der Waals surface area contributed by atoms with Crippen molar-refractivity contribution in [2.24, 2.45) is 5.10 Å². The summed E-state index contributed by atoms with van der Waals surface area (Å²) in [5.41, 5.74) is 5.80. The van der Waals surface area contributed by atoms with Gasteiger partial charge in [0.2, 0.25) is 0 Å². The molecule has 1 aromatic heterocycles. The number of nitrogens with zero attached hydrogens (tertiary/aromatic N) is 3. The van der Waals surface area contributed by atoms with E-state index in [1.807, 2.05) is 54.3 Å². The van der Waals surface area contributed by atoms with Crippen molar-refractivity contribution in [2.75, 3.05) is 32.7 Å². The Bertz CT molecular complexity index is 1260. The monoisotopic (exact) mass is 458 g/mol. The second-order valence-electron chi connectivity index (χ2n) is 8.96. The van der Waals surface area contributed by atoms with Crippen LogP contribution in [0.4, 0.5) is 0 Å². The second kappa shape index (κ2) is 9.43. The molecule has 0 spiro atoms. The van der Waals surface area contributed by atoms with E-state index in [0.29, 0.717) is 24.4 Å². The van der Waals surface area contributed by atoms with E-state index in [0.717, 1.165) is 72.3 Å². The molecule has 1 aliphatic heterocycles. The van der Waals surface area contributed by atoms with Gasteiger partial charge in [0.1, 0.15) is 5.76 Å². The summed E-state index contributed by atoms with van der Waals surface area (Å²) in [7, 11) is 0. The molecule has 0 bridgehead atoms. The van der Waals surface area contributed by atoms with Crippen molar-refractivity contribution in [2.45, 2.75) is 33.1 Å². The number of fused-ring (bicyclic) bond motifs is 2. The molecule has 1 aliphatic carbocycles. The van der Waals surface area contributed by atoms with E-state index >= 15 is 0 Å². The second-order valence-corrected chi connectivity index (χ2v) is 8.96. The molecule has 5 rings (SSSR count). The maximum Gasteiger partial charge on any atom is 0.289 e. The number of hydrogen-bond acceptors (Lipinski definition) is 5. The average Bonchev–Trinajstić information content (AvgIpc) is 3.23. The van der Waals surface area contributed by atoms with E-state index in [1.54, 1.807) is 0 Å². The zero-order valence-corrected chi connectivity index (χ0v) is 19.8. The minimum atomic E-state index is -0.248. The van der Waals surface area contributed by atoms with Crippen molar-refractivity contribution in [3.63, 3.8) is 0 Å². The number of aryl methyl sites for hydroxylation is 1. The van der Waals surface area contributed by atoms with Crippen LogP contribution in [-0.4, -0.2) is 60.0 Å². The highest BCUT2D eigenvalue weighted by atomic mass is 16.4. The molecule has 3 aromatic rings. The molecule has 1 N–H and O–H groups in total. The molecule has 2 amide bonds. The van der Waals surface area contributed by atoms with Gasteiger partial charge in [-0.1, -0.05) is 43.3 Å². The Balaban J connectivity index is 1.38. The number of likely N-dealkylation sites (N-methyl/N-ethyl adjacent to an activating group) is 1. The third-order valence-electron chi connectivity index (χ3n) is 6.95. The normalized spacial score (nSPS) is 17.7. The van der Waals surface area contributed by atoms with Gasteiger partial charge in [0.05, 0.1) is 5.71 Å². The molecule has 1 fully saturated rings. The first-order valence-electron chi connectivity index (χ1n) is 12.1. The molecule has 34 heavy (non-hydrogen) atoms. The topological polar surface area (TPSA) is 78.2 Å². The maximum absolute atomic E-state index is 13.2. The molecule has 176 valence electrons. The first-order chi connectivity index (χ1) is 16.6. The van der Waals surface area contributed by atoms with E-state index in [1.165, 1.54) is 0 Å². The number of amides is 2. The fraction of sp³-hybridized carbons (Fsp3) is 0.370. The van der Waals surface area contributed by atoms with Gasteiger partial charge < -0.3 is 14.2 Å². The third kappa shape index (κ3) is 4.12. The van der Waals surface area contributed by atoms with Crippen molar-refractivity contribution >= 4 is 28.3 Å². The highest BCUT2D eigenvalue weighted by molar-refractivity contribution is 6.09. The van der Waals surface area contributed by atoms with E-state index in [-0.39, 0.29) is 11.8 Å². The van der Waals surface area contributed by atoms with Crippen LogP contribution < -0.4 is 5.43 Å². The van der Waals surface area contributed by atoms with Gasteiger partial charge in [0.15, 0.2) is 5.76 Å². The summed E-state index contributed by atoms with van der Waals surface area (Å²) in [6, 6.07) is 13.5. The Morgan fingerprint density at radius 2 is 1.79 bits per heavy atom. The smallest absolute Gasteiger partial charge is 0.289 e. The van der Waals surface area contributed by atoms with Gasteiger partial charge in [-0.25, -0.2) is 5.43 Å². The molecule has 0 unspecified atom stereocenters. The molecule has 1 saturated heterocycles. The molecule has 2 heterocycles. The number of rotatable bonds is 4. The molecule has 0 saturated carbocycles. The fourth-order valence-electron chi connectivity index (χ4n) is 5.00. The summed E-state index contributed by atoms with van der Waals surface area (Å²) in [4.78, 5) is 30.4. The number of hydrogen-bond donors (Lipinski definition) is 1.